The molecule has 90 valence electrons. The zero-order chi connectivity index (χ0) is 11.7. The van der Waals surface area contributed by atoms with Crippen LogP contribution in [0.1, 0.15) is 12.8 Å². The fourth-order valence-corrected chi connectivity index (χ4v) is 2.52. The van der Waals surface area contributed by atoms with Gasteiger partial charge in [-0.1, -0.05) is 6.07 Å². The summed E-state index contributed by atoms with van der Waals surface area (Å²) >= 11 is 0. The molecule has 0 amide bonds. The van der Waals surface area contributed by atoms with Crippen LogP contribution in [0.15, 0.2) is 24.4 Å². The fourth-order valence-electron chi connectivity index (χ4n) is 2.52. The predicted molar refractivity (Wildman–Crippen MR) is 65.3 cm³/mol. The van der Waals surface area contributed by atoms with E-state index in [1.807, 2.05) is 10.7 Å². The smallest absolute Gasteiger partial charge is 0.134 e. The number of aromatic nitrogens is 2. The number of nitrogens with one attached hydrogen (secondary N) is 1. The van der Waals surface area contributed by atoms with Gasteiger partial charge in [0.25, 0.3) is 0 Å². The maximum absolute atomic E-state index is 13.5. The lowest BCUT2D eigenvalue weighted by Crippen LogP contribution is -2.30. The van der Waals surface area contributed by atoms with E-state index in [1.165, 1.54) is 18.9 Å². The molecule has 1 saturated heterocycles. The third-order valence-electron chi connectivity index (χ3n) is 3.52. The first-order valence-electron chi connectivity index (χ1n) is 6.15. The molecular weight excluding hydrogens is 217 g/mol. The van der Waals surface area contributed by atoms with E-state index in [0.29, 0.717) is 11.3 Å². The molecule has 0 saturated carbocycles. The van der Waals surface area contributed by atoms with Gasteiger partial charge in [0.15, 0.2) is 0 Å². The molecule has 0 spiro atoms. The van der Waals surface area contributed by atoms with Gasteiger partial charge in [-0.15, -0.1) is 0 Å². The summed E-state index contributed by atoms with van der Waals surface area (Å²) in [4.78, 5) is 0. The van der Waals surface area contributed by atoms with Crippen LogP contribution in [0.5, 0.6) is 0 Å². The van der Waals surface area contributed by atoms with Crippen molar-refractivity contribution < 1.29 is 4.39 Å². The molecule has 0 unspecified atom stereocenters. The van der Waals surface area contributed by atoms with Gasteiger partial charge in [0.2, 0.25) is 0 Å². The summed E-state index contributed by atoms with van der Waals surface area (Å²) in [5, 5.41) is 8.28. The summed E-state index contributed by atoms with van der Waals surface area (Å²) in [6, 6.07) is 5.17. The Morgan fingerprint density at radius 3 is 3.00 bits per heavy atom. The van der Waals surface area contributed by atoms with Crippen molar-refractivity contribution in [2.75, 3.05) is 13.1 Å². The molecule has 1 N–H and O–H groups in total. The van der Waals surface area contributed by atoms with Crippen LogP contribution in [0.3, 0.4) is 0 Å². The third-order valence-corrected chi connectivity index (χ3v) is 3.52. The minimum absolute atomic E-state index is 0.181. The summed E-state index contributed by atoms with van der Waals surface area (Å²) < 4.78 is 15.5. The van der Waals surface area contributed by atoms with Gasteiger partial charge in [0, 0.05) is 6.54 Å². The molecule has 2 heterocycles. The molecule has 1 aliphatic heterocycles. The molecule has 0 radical (unpaired) electrons. The molecule has 1 aromatic heterocycles. The lowest BCUT2D eigenvalue weighted by Gasteiger charge is -2.22. The molecule has 0 aliphatic carbocycles. The molecule has 3 nitrogen and oxygen atoms in total. The second-order valence-corrected chi connectivity index (χ2v) is 4.69. The Balaban J connectivity index is 1.87. The van der Waals surface area contributed by atoms with Gasteiger partial charge in [0.1, 0.15) is 5.82 Å². The van der Waals surface area contributed by atoms with Crippen molar-refractivity contribution in [3.63, 3.8) is 0 Å². The van der Waals surface area contributed by atoms with Crippen molar-refractivity contribution >= 4 is 10.9 Å². The van der Waals surface area contributed by atoms with Crippen LogP contribution in [0.2, 0.25) is 0 Å². The second kappa shape index (κ2) is 4.45. The average Bonchev–Trinajstić information content (AvgIpc) is 2.76. The number of halogens is 1. The highest BCUT2D eigenvalue weighted by atomic mass is 19.1. The van der Waals surface area contributed by atoms with Gasteiger partial charge in [-0.05, 0) is 44.0 Å². The van der Waals surface area contributed by atoms with Crippen LogP contribution in [0, 0.1) is 11.7 Å². The highest BCUT2D eigenvalue weighted by Crippen LogP contribution is 2.20. The molecule has 3 rings (SSSR count). The molecule has 0 atom stereocenters. The number of hydrogen-bond acceptors (Lipinski definition) is 2. The first-order chi connectivity index (χ1) is 8.34. The third kappa shape index (κ3) is 2.05. The fraction of sp³-hybridized carbons (Fsp3) is 0.462. The van der Waals surface area contributed by atoms with E-state index >= 15 is 0 Å². The SMILES string of the molecule is Fc1cccc2c1cnn2CC1CCNCC1. The quantitative estimate of drug-likeness (QED) is 0.861. The van der Waals surface area contributed by atoms with Crippen LogP contribution in [0.25, 0.3) is 10.9 Å². The minimum atomic E-state index is -0.181. The Morgan fingerprint density at radius 2 is 2.18 bits per heavy atom. The van der Waals surface area contributed by atoms with E-state index in [-0.39, 0.29) is 5.82 Å². The molecule has 0 bridgehead atoms. The van der Waals surface area contributed by atoms with E-state index in [1.54, 1.807) is 12.3 Å². The average molecular weight is 233 g/mol. The summed E-state index contributed by atoms with van der Waals surface area (Å²) in [5.74, 6) is 0.474. The van der Waals surface area contributed by atoms with Gasteiger partial charge in [-0.2, -0.15) is 5.10 Å². The molecule has 1 aliphatic rings. The van der Waals surface area contributed by atoms with E-state index in [4.69, 9.17) is 0 Å². The van der Waals surface area contributed by atoms with Gasteiger partial charge >= 0.3 is 0 Å². The van der Waals surface area contributed by atoms with Gasteiger partial charge in [-0.25, -0.2) is 4.39 Å². The lowest BCUT2D eigenvalue weighted by molar-refractivity contribution is 0.325. The van der Waals surface area contributed by atoms with Gasteiger partial charge < -0.3 is 5.32 Å². The monoisotopic (exact) mass is 233 g/mol. The van der Waals surface area contributed by atoms with Crippen molar-refractivity contribution in [3.8, 4) is 0 Å². The Hall–Kier alpha value is -1.42. The lowest BCUT2D eigenvalue weighted by atomic mass is 9.98. The maximum Gasteiger partial charge on any atom is 0.134 e. The van der Waals surface area contributed by atoms with Crippen LogP contribution < -0.4 is 5.32 Å². The van der Waals surface area contributed by atoms with Crippen molar-refractivity contribution in [2.45, 2.75) is 19.4 Å². The first-order valence-corrected chi connectivity index (χ1v) is 6.15. The molecule has 17 heavy (non-hydrogen) atoms. The zero-order valence-corrected chi connectivity index (χ0v) is 9.69. The summed E-state index contributed by atoms with van der Waals surface area (Å²) in [6.07, 6.45) is 3.99. The Labute approximate surface area is 99.6 Å². The zero-order valence-electron chi connectivity index (χ0n) is 9.69. The molecular formula is C13H16FN3. The topological polar surface area (TPSA) is 29.9 Å². The first kappa shape index (κ1) is 10.7. The number of fused-ring (bicyclic) bond motifs is 1. The number of nitrogens with zero attached hydrogens (tertiary/aromatic N) is 2. The largest absolute Gasteiger partial charge is 0.317 e. The molecule has 2 aromatic rings. The van der Waals surface area contributed by atoms with Crippen LogP contribution in [-0.2, 0) is 6.54 Å². The molecule has 1 aromatic carbocycles. The minimum Gasteiger partial charge on any atom is -0.317 e. The van der Waals surface area contributed by atoms with Crippen molar-refractivity contribution in [3.05, 3.63) is 30.2 Å². The number of benzene rings is 1. The number of hydrogen-bond donors (Lipinski definition) is 1. The molecule has 1 fully saturated rings. The maximum atomic E-state index is 13.5. The Kier molecular flexibility index (Phi) is 2.81. The van der Waals surface area contributed by atoms with Crippen molar-refractivity contribution in [2.24, 2.45) is 5.92 Å². The molecule has 4 heteroatoms. The summed E-state index contributed by atoms with van der Waals surface area (Å²) in [6.45, 7) is 3.06. The normalized spacial score (nSPS) is 17.7. The predicted octanol–water partition coefficient (Wildman–Crippen LogP) is 2.17. The highest BCUT2D eigenvalue weighted by molar-refractivity contribution is 5.79. The Bertz CT molecular complexity index is 514. The van der Waals surface area contributed by atoms with Crippen LogP contribution >= 0.6 is 0 Å². The van der Waals surface area contributed by atoms with E-state index in [9.17, 15) is 4.39 Å². The Morgan fingerprint density at radius 1 is 1.35 bits per heavy atom. The number of piperidine rings is 1. The van der Waals surface area contributed by atoms with E-state index < -0.39 is 0 Å². The summed E-state index contributed by atoms with van der Waals surface area (Å²) in [7, 11) is 0. The standard InChI is InChI=1S/C13H16FN3/c14-12-2-1-3-13-11(12)8-16-17(13)9-10-4-6-15-7-5-10/h1-3,8,10,15H,4-7,9H2. The van der Waals surface area contributed by atoms with Gasteiger partial charge in [-0.3, -0.25) is 4.68 Å². The second-order valence-electron chi connectivity index (χ2n) is 4.69. The van der Waals surface area contributed by atoms with Crippen LogP contribution in [-0.4, -0.2) is 22.9 Å². The summed E-state index contributed by atoms with van der Waals surface area (Å²) in [5.41, 5.74) is 0.906. The van der Waals surface area contributed by atoms with E-state index in [2.05, 4.69) is 10.4 Å². The van der Waals surface area contributed by atoms with Crippen LogP contribution in [0.4, 0.5) is 4.39 Å². The van der Waals surface area contributed by atoms with E-state index in [0.717, 1.165) is 25.2 Å². The van der Waals surface area contributed by atoms with Gasteiger partial charge in [0.05, 0.1) is 17.1 Å². The number of rotatable bonds is 2. The highest BCUT2D eigenvalue weighted by Gasteiger charge is 2.15. The van der Waals surface area contributed by atoms with Crippen molar-refractivity contribution in [1.29, 1.82) is 0 Å². The van der Waals surface area contributed by atoms with Crippen molar-refractivity contribution in [1.82, 2.24) is 15.1 Å².